The molecule has 0 aromatic heterocycles. The first-order chi connectivity index (χ1) is 7.27. The number of carbonyl (C=O) groups is 1. The van der Waals surface area contributed by atoms with Gasteiger partial charge in [0.15, 0.2) is 0 Å². The van der Waals surface area contributed by atoms with Crippen LogP contribution in [0.2, 0.25) is 0 Å². The summed E-state index contributed by atoms with van der Waals surface area (Å²) in [6.07, 6.45) is 0.330. The Morgan fingerprint density at radius 2 is 1.80 bits per heavy atom. The molecule has 0 saturated carbocycles. The second-order valence-electron chi connectivity index (χ2n) is 2.41. The van der Waals surface area contributed by atoms with Gasteiger partial charge in [0.25, 0.3) is 0 Å². The highest BCUT2D eigenvalue weighted by Crippen LogP contribution is 1.83. The van der Waals surface area contributed by atoms with Crippen molar-refractivity contribution in [2.45, 2.75) is 0 Å². The summed E-state index contributed by atoms with van der Waals surface area (Å²) in [6.45, 7) is 5.15. The molecule has 6 heteroatoms. The van der Waals surface area contributed by atoms with Gasteiger partial charge in [0.2, 0.25) is 0 Å². The summed E-state index contributed by atoms with van der Waals surface area (Å²) < 4.78 is 19.2. The van der Waals surface area contributed by atoms with Gasteiger partial charge in [-0.2, -0.15) is 0 Å². The molecule has 1 N–H and O–H groups in total. The van der Waals surface area contributed by atoms with E-state index in [9.17, 15) is 4.79 Å². The zero-order chi connectivity index (χ0) is 11.4. The highest BCUT2D eigenvalue weighted by atomic mass is 16.7. The molecule has 0 aliphatic rings. The number of carboxylic acid groups (broad SMARTS) is 1. The lowest BCUT2D eigenvalue weighted by atomic mass is 10.7. The van der Waals surface area contributed by atoms with Crippen molar-refractivity contribution in [3.05, 3.63) is 12.7 Å². The molecule has 15 heavy (non-hydrogen) atoms. The van der Waals surface area contributed by atoms with Crippen LogP contribution in [0.5, 0.6) is 0 Å². The molecule has 0 aromatic rings. The fourth-order valence-corrected chi connectivity index (χ4v) is 0.657. The smallest absolute Gasteiger partial charge is 0.450 e. The number of hydrogen-bond donors (Lipinski definition) is 1. The second-order valence-corrected chi connectivity index (χ2v) is 2.41. The molecular formula is C9H16O6. The predicted molar refractivity (Wildman–Crippen MR) is 51.8 cm³/mol. The number of hydrogen-bond acceptors (Lipinski definition) is 5. The average molecular weight is 220 g/mol. The second kappa shape index (κ2) is 11.0. The van der Waals surface area contributed by atoms with Crippen molar-refractivity contribution < 1.29 is 28.8 Å². The average Bonchev–Trinajstić information content (AvgIpc) is 2.20. The maximum Gasteiger partial charge on any atom is 0.505 e. The van der Waals surface area contributed by atoms with Crippen molar-refractivity contribution in [3.8, 4) is 0 Å². The predicted octanol–water partition coefficient (Wildman–Crippen LogP) is 0.874. The Labute approximate surface area is 88.4 Å². The molecule has 0 heterocycles. The van der Waals surface area contributed by atoms with Crippen molar-refractivity contribution in [2.75, 3.05) is 39.8 Å². The standard InChI is InChI=1S/C9H16O6/c1-2-3-13-8-14-5-4-12-6-7-15-9(10)11/h2H,1,3-8H2,(H,10,11). The molecule has 0 amide bonds. The molecule has 0 aromatic carbocycles. The minimum atomic E-state index is -1.30. The molecule has 6 nitrogen and oxygen atoms in total. The van der Waals surface area contributed by atoms with Crippen molar-refractivity contribution in [2.24, 2.45) is 0 Å². The minimum Gasteiger partial charge on any atom is -0.450 e. The third-order valence-corrected chi connectivity index (χ3v) is 1.23. The van der Waals surface area contributed by atoms with Crippen LogP contribution in [0.3, 0.4) is 0 Å². The van der Waals surface area contributed by atoms with Gasteiger partial charge in [-0.1, -0.05) is 6.08 Å². The topological polar surface area (TPSA) is 74.2 Å². The molecule has 0 atom stereocenters. The van der Waals surface area contributed by atoms with E-state index in [-0.39, 0.29) is 20.0 Å². The van der Waals surface area contributed by atoms with E-state index in [1.54, 1.807) is 6.08 Å². The molecule has 0 radical (unpaired) electrons. The fourth-order valence-electron chi connectivity index (χ4n) is 0.657. The zero-order valence-corrected chi connectivity index (χ0v) is 8.52. The SMILES string of the molecule is C=CCOCOCCOCCOC(=O)O. The van der Waals surface area contributed by atoms with E-state index in [2.05, 4.69) is 11.3 Å². The van der Waals surface area contributed by atoms with Crippen molar-refractivity contribution >= 4 is 6.16 Å². The largest absolute Gasteiger partial charge is 0.505 e. The Kier molecular flexibility index (Phi) is 10.2. The molecular weight excluding hydrogens is 204 g/mol. The molecule has 0 rings (SSSR count). The first kappa shape index (κ1) is 13.9. The number of rotatable bonds is 10. The van der Waals surface area contributed by atoms with Crippen LogP contribution in [-0.2, 0) is 18.9 Å². The lowest BCUT2D eigenvalue weighted by Crippen LogP contribution is -2.12. The molecule has 0 aliphatic carbocycles. The summed E-state index contributed by atoms with van der Waals surface area (Å²) in [5.41, 5.74) is 0. The third kappa shape index (κ3) is 12.9. The summed E-state index contributed by atoms with van der Waals surface area (Å²) in [4.78, 5) is 9.91. The van der Waals surface area contributed by atoms with Gasteiger partial charge in [-0.15, -0.1) is 6.58 Å². The van der Waals surface area contributed by atoms with Crippen LogP contribution < -0.4 is 0 Å². The van der Waals surface area contributed by atoms with Crippen molar-refractivity contribution in [1.82, 2.24) is 0 Å². The van der Waals surface area contributed by atoms with Gasteiger partial charge in [-0.05, 0) is 0 Å². The monoisotopic (exact) mass is 220 g/mol. The van der Waals surface area contributed by atoms with Crippen LogP contribution in [0.4, 0.5) is 4.79 Å². The molecule has 0 fully saturated rings. The van der Waals surface area contributed by atoms with E-state index in [0.29, 0.717) is 19.8 Å². The molecule has 0 saturated heterocycles. The van der Waals surface area contributed by atoms with Gasteiger partial charge >= 0.3 is 6.16 Å². The molecule has 0 spiro atoms. The molecule has 0 bridgehead atoms. The van der Waals surface area contributed by atoms with Crippen molar-refractivity contribution in [1.29, 1.82) is 0 Å². The van der Waals surface area contributed by atoms with E-state index in [0.717, 1.165) is 0 Å². The molecule has 88 valence electrons. The third-order valence-electron chi connectivity index (χ3n) is 1.23. The fraction of sp³-hybridized carbons (Fsp3) is 0.667. The van der Waals surface area contributed by atoms with Gasteiger partial charge in [0, 0.05) is 0 Å². The maximum absolute atomic E-state index is 9.91. The van der Waals surface area contributed by atoms with Crippen LogP contribution >= 0.6 is 0 Å². The quantitative estimate of drug-likeness (QED) is 0.255. The number of ether oxygens (including phenoxy) is 4. The van der Waals surface area contributed by atoms with Crippen LogP contribution in [0.25, 0.3) is 0 Å². The zero-order valence-electron chi connectivity index (χ0n) is 8.52. The maximum atomic E-state index is 9.91. The Morgan fingerprint density at radius 3 is 2.47 bits per heavy atom. The Balaban J connectivity index is 2.92. The molecule has 0 aliphatic heterocycles. The van der Waals surface area contributed by atoms with Crippen molar-refractivity contribution in [3.63, 3.8) is 0 Å². The summed E-state index contributed by atoms with van der Waals surface area (Å²) in [6, 6.07) is 0. The Bertz CT molecular complexity index is 170. The summed E-state index contributed by atoms with van der Waals surface area (Å²) in [7, 11) is 0. The highest BCUT2D eigenvalue weighted by molar-refractivity contribution is 5.56. The van der Waals surface area contributed by atoms with E-state index >= 15 is 0 Å². The normalized spacial score (nSPS) is 9.87. The van der Waals surface area contributed by atoms with Gasteiger partial charge < -0.3 is 24.1 Å². The van der Waals surface area contributed by atoms with Crippen LogP contribution in [0.1, 0.15) is 0 Å². The van der Waals surface area contributed by atoms with E-state index in [1.165, 1.54) is 0 Å². The lowest BCUT2D eigenvalue weighted by molar-refractivity contribution is -0.0638. The van der Waals surface area contributed by atoms with Crippen LogP contribution in [0.15, 0.2) is 12.7 Å². The van der Waals surface area contributed by atoms with E-state index in [1.807, 2.05) is 0 Å². The Morgan fingerprint density at radius 1 is 1.13 bits per heavy atom. The van der Waals surface area contributed by atoms with Gasteiger partial charge in [0.1, 0.15) is 13.4 Å². The summed E-state index contributed by atoms with van der Waals surface area (Å²) in [5.74, 6) is 0. The van der Waals surface area contributed by atoms with Gasteiger partial charge in [-0.25, -0.2) is 4.79 Å². The minimum absolute atomic E-state index is 0.0301. The molecule has 0 unspecified atom stereocenters. The Hall–Kier alpha value is -1.11. The lowest BCUT2D eigenvalue weighted by Gasteiger charge is -2.05. The first-order valence-electron chi connectivity index (χ1n) is 4.47. The highest BCUT2D eigenvalue weighted by Gasteiger charge is 1.95. The summed E-state index contributed by atoms with van der Waals surface area (Å²) in [5, 5.41) is 8.11. The summed E-state index contributed by atoms with van der Waals surface area (Å²) >= 11 is 0. The van der Waals surface area contributed by atoms with Gasteiger partial charge in [0.05, 0.1) is 26.4 Å². The first-order valence-corrected chi connectivity index (χ1v) is 4.47. The van der Waals surface area contributed by atoms with Crippen LogP contribution in [0, 0.1) is 0 Å². The van der Waals surface area contributed by atoms with E-state index in [4.69, 9.17) is 19.3 Å². The van der Waals surface area contributed by atoms with E-state index < -0.39 is 6.16 Å². The van der Waals surface area contributed by atoms with Gasteiger partial charge in [-0.3, -0.25) is 0 Å². The van der Waals surface area contributed by atoms with Crippen LogP contribution in [-0.4, -0.2) is 51.1 Å².